The number of aromatic nitrogens is 2. The molecule has 0 aliphatic rings. The predicted molar refractivity (Wildman–Crippen MR) is 96.3 cm³/mol. The summed E-state index contributed by atoms with van der Waals surface area (Å²) in [6, 6.07) is 19.8. The highest BCUT2D eigenvalue weighted by Gasteiger charge is 2.13. The summed E-state index contributed by atoms with van der Waals surface area (Å²) in [6.07, 6.45) is 1.07. The van der Waals surface area contributed by atoms with E-state index in [0.717, 1.165) is 33.3 Å². The average molecular weight is 332 g/mol. The van der Waals surface area contributed by atoms with E-state index in [-0.39, 0.29) is 5.82 Å². The standard InChI is InChI=1S/C21H17FN2O/c1-14-2-4-15(5-3-14)21(25)16-6-11-20-17(12-16)13-23-24(20)19-9-7-18(22)8-10-19/h2-13,21,25H,1H3. The molecule has 4 aromatic rings. The summed E-state index contributed by atoms with van der Waals surface area (Å²) >= 11 is 0. The fraction of sp³-hybridized carbons (Fsp3) is 0.0952. The Morgan fingerprint density at radius 2 is 1.60 bits per heavy atom. The van der Waals surface area contributed by atoms with Crippen LogP contribution in [0.4, 0.5) is 4.39 Å². The smallest absolute Gasteiger partial charge is 0.123 e. The Hall–Kier alpha value is -2.98. The first-order chi connectivity index (χ1) is 12.1. The highest BCUT2D eigenvalue weighted by molar-refractivity contribution is 5.81. The predicted octanol–water partition coefficient (Wildman–Crippen LogP) is 4.55. The molecule has 0 saturated heterocycles. The lowest BCUT2D eigenvalue weighted by Crippen LogP contribution is -2.00. The molecule has 1 atom stereocenters. The maximum atomic E-state index is 13.1. The van der Waals surface area contributed by atoms with Crippen molar-refractivity contribution in [2.45, 2.75) is 13.0 Å². The molecule has 1 N–H and O–H groups in total. The van der Waals surface area contributed by atoms with E-state index in [9.17, 15) is 9.50 Å². The van der Waals surface area contributed by atoms with Crippen molar-refractivity contribution in [1.82, 2.24) is 9.78 Å². The van der Waals surface area contributed by atoms with Gasteiger partial charge >= 0.3 is 0 Å². The van der Waals surface area contributed by atoms with Crippen LogP contribution in [-0.2, 0) is 0 Å². The first kappa shape index (κ1) is 15.5. The average Bonchev–Trinajstić information content (AvgIpc) is 3.05. The second-order valence-corrected chi connectivity index (χ2v) is 6.16. The Balaban J connectivity index is 1.72. The Labute approximate surface area is 145 Å². The number of fused-ring (bicyclic) bond motifs is 1. The van der Waals surface area contributed by atoms with Crippen LogP contribution in [0.2, 0.25) is 0 Å². The van der Waals surface area contributed by atoms with Gasteiger partial charge in [0.25, 0.3) is 0 Å². The molecule has 0 aliphatic heterocycles. The second kappa shape index (κ2) is 6.15. The van der Waals surface area contributed by atoms with Crippen molar-refractivity contribution in [1.29, 1.82) is 0 Å². The van der Waals surface area contributed by atoms with Gasteiger partial charge in [0.15, 0.2) is 0 Å². The summed E-state index contributed by atoms with van der Waals surface area (Å²) in [5.74, 6) is -0.274. The summed E-state index contributed by atoms with van der Waals surface area (Å²) in [7, 11) is 0. The Morgan fingerprint density at radius 1 is 0.920 bits per heavy atom. The number of benzene rings is 3. The zero-order valence-corrected chi connectivity index (χ0v) is 13.7. The Kier molecular flexibility index (Phi) is 3.82. The van der Waals surface area contributed by atoms with Gasteiger partial charge in [-0.15, -0.1) is 0 Å². The van der Waals surface area contributed by atoms with Crippen LogP contribution >= 0.6 is 0 Å². The van der Waals surface area contributed by atoms with Crippen LogP contribution < -0.4 is 0 Å². The first-order valence-electron chi connectivity index (χ1n) is 8.10. The van der Waals surface area contributed by atoms with Crippen LogP contribution in [0.15, 0.2) is 72.9 Å². The van der Waals surface area contributed by atoms with Gasteiger partial charge in [-0.3, -0.25) is 0 Å². The van der Waals surface area contributed by atoms with E-state index in [2.05, 4.69) is 5.10 Å². The number of aliphatic hydroxyl groups excluding tert-OH is 1. The third-order valence-electron chi connectivity index (χ3n) is 4.37. The summed E-state index contributed by atoms with van der Waals surface area (Å²) in [6.45, 7) is 2.02. The molecule has 1 unspecified atom stereocenters. The number of halogens is 1. The third kappa shape index (κ3) is 2.92. The minimum Gasteiger partial charge on any atom is -0.384 e. The molecule has 0 bridgehead atoms. The maximum absolute atomic E-state index is 13.1. The van der Waals surface area contributed by atoms with Crippen LogP contribution in [0.5, 0.6) is 0 Å². The van der Waals surface area contributed by atoms with Gasteiger partial charge in [-0.1, -0.05) is 35.9 Å². The molecular formula is C21H17FN2O. The van der Waals surface area contributed by atoms with E-state index < -0.39 is 6.10 Å². The van der Waals surface area contributed by atoms with Gasteiger partial charge in [0.05, 0.1) is 17.4 Å². The van der Waals surface area contributed by atoms with Gasteiger partial charge in [0, 0.05) is 5.39 Å². The first-order valence-corrected chi connectivity index (χ1v) is 8.10. The lowest BCUT2D eigenvalue weighted by Gasteiger charge is -2.12. The van der Waals surface area contributed by atoms with E-state index >= 15 is 0 Å². The van der Waals surface area contributed by atoms with Gasteiger partial charge in [-0.25, -0.2) is 9.07 Å². The molecule has 0 fully saturated rings. The number of rotatable bonds is 3. The fourth-order valence-corrected chi connectivity index (χ4v) is 2.95. The van der Waals surface area contributed by atoms with Crippen molar-refractivity contribution < 1.29 is 9.50 Å². The quantitative estimate of drug-likeness (QED) is 0.597. The number of aryl methyl sites for hydroxylation is 1. The van der Waals surface area contributed by atoms with Gasteiger partial charge in [0.2, 0.25) is 0 Å². The van der Waals surface area contributed by atoms with Gasteiger partial charge in [0.1, 0.15) is 11.9 Å². The third-order valence-corrected chi connectivity index (χ3v) is 4.37. The Bertz CT molecular complexity index is 1020. The minimum absolute atomic E-state index is 0.274. The molecule has 0 spiro atoms. The van der Waals surface area contributed by atoms with E-state index in [0.29, 0.717) is 0 Å². The molecule has 4 heteroatoms. The summed E-state index contributed by atoms with van der Waals surface area (Å²) in [5, 5.41) is 15.9. The normalized spacial score (nSPS) is 12.4. The van der Waals surface area contributed by atoms with Gasteiger partial charge in [-0.2, -0.15) is 5.10 Å². The van der Waals surface area contributed by atoms with Crippen LogP contribution in [0.1, 0.15) is 22.8 Å². The van der Waals surface area contributed by atoms with Crippen LogP contribution in [0.25, 0.3) is 16.6 Å². The molecule has 1 heterocycles. The molecule has 0 saturated carbocycles. The zero-order valence-electron chi connectivity index (χ0n) is 13.7. The topological polar surface area (TPSA) is 38.1 Å². The highest BCUT2D eigenvalue weighted by atomic mass is 19.1. The molecule has 0 aliphatic carbocycles. The van der Waals surface area contributed by atoms with Crippen molar-refractivity contribution in [3.8, 4) is 5.69 Å². The second-order valence-electron chi connectivity index (χ2n) is 6.16. The number of aliphatic hydroxyl groups is 1. The molecule has 0 radical (unpaired) electrons. The van der Waals surface area contributed by atoms with Crippen molar-refractivity contribution in [3.63, 3.8) is 0 Å². The van der Waals surface area contributed by atoms with E-state index in [1.807, 2.05) is 49.4 Å². The Morgan fingerprint density at radius 3 is 2.32 bits per heavy atom. The molecule has 3 nitrogen and oxygen atoms in total. The molecule has 1 aromatic heterocycles. The maximum Gasteiger partial charge on any atom is 0.123 e. The highest BCUT2D eigenvalue weighted by Crippen LogP contribution is 2.27. The zero-order chi connectivity index (χ0) is 17.4. The lowest BCUT2D eigenvalue weighted by atomic mass is 9.99. The summed E-state index contributed by atoms with van der Waals surface area (Å²) < 4.78 is 14.9. The number of nitrogens with zero attached hydrogens (tertiary/aromatic N) is 2. The van der Waals surface area contributed by atoms with Crippen molar-refractivity contribution in [2.24, 2.45) is 0 Å². The SMILES string of the molecule is Cc1ccc(C(O)c2ccc3c(cnn3-c3ccc(F)cc3)c2)cc1. The van der Waals surface area contributed by atoms with Crippen LogP contribution in [0, 0.1) is 12.7 Å². The van der Waals surface area contributed by atoms with Gasteiger partial charge in [-0.05, 0) is 54.4 Å². The molecular weight excluding hydrogens is 315 g/mol. The van der Waals surface area contributed by atoms with E-state index in [1.54, 1.807) is 23.0 Å². The molecule has 4 rings (SSSR count). The monoisotopic (exact) mass is 332 g/mol. The van der Waals surface area contributed by atoms with Crippen LogP contribution in [-0.4, -0.2) is 14.9 Å². The van der Waals surface area contributed by atoms with Crippen LogP contribution in [0.3, 0.4) is 0 Å². The number of hydrogen-bond donors (Lipinski definition) is 1. The summed E-state index contributed by atoms with van der Waals surface area (Å²) in [5.41, 5.74) is 4.53. The minimum atomic E-state index is -0.681. The number of hydrogen-bond acceptors (Lipinski definition) is 2. The van der Waals surface area contributed by atoms with E-state index in [1.165, 1.54) is 12.1 Å². The summed E-state index contributed by atoms with van der Waals surface area (Å²) in [4.78, 5) is 0. The van der Waals surface area contributed by atoms with Crippen molar-refractivity contribution in [2.75, 3.05) is 0 Å². The molecule has 0 amide bonds. The van der Waals surface area contributed by atoms with Crippen molar-refractivity contribution in [3.05, 3.63) is 95.4 Å². The molecule has 3 aromatic carbocycles. The fourth-order valence-electron chi connectivity index (χ4n) is 2.95. The van der Waals surface area contributed by atoms with Crippen molar-refractivity contribution >= 4 is 10.9 Å². The lowest BCUT2D eigenvalue weighted by molar-refractivity contribution is 0.220. The molecule has 124 valence electrons. The van der Waals surface area contributed by atoms with Gasteiger partial charge < -0.3 is 5.11 Å². The van der Waals surface area contributed by atoms with E-state index in [4.69, 9.17) is 0 Å². The molecule has 25 heavy (non-hydrogen) atoms. The largest absolute Gasteiger partial charge is 0.384 e.